The summed E-state index contributed by atoms with van der Waals surface area (Å²) in [4.78, 5) is 10.8. The van der Waals surface area contributed by atoms with Gasteiger partial charge in [-0.15, -0.1) is 0 Å². The monoisotopic (exact) mass is 255 g/mol. The minimum Gasteiger partial charge on any atom is -0.461 e. The summed E-state index contributed by atoms with van der Waals surface area (Å²) < 4.78 is 41.0. The van der Waals surface area contributed by atoms with Gasteiger partial charge in [-0.3, -0.25) is 5.10 Å². The Kier molecular flexibility index (Phi) is 3.68. The Bertz CT molecular complexity index is 391. The number of carbonyl (C=O) groups is 1. The summed E-state index contributed by atoms with van der Waals surface area (Å²) in [6, 6.07) is 0. The van der Waals surface area contributed by atoms with Gasteiger partial charge in [0.2, 0.25) is 0 Å². The number of thioether (sulfide) groups is 1. The lowest BCUT2D eigenvalue weighted by Gasteiger charge is -2.06. The topological polar surface area (TPSA) is 81.0 Å². The quantitative estimate of drug-likeness (QED) is 0.635. The number of esters is 1. The highest BCUT2D eigenvalue weighted by atomic mass is 32.2. The predicted molar refractivity (Wildman–Crippen MR) is 50.9 cm³/mol. The lowest BCUT2D eigenvalue weighted by molar-refractivity contribution is -0.0328. The fourth-order valence-electron chi connectivity index (χ4n) is 0.906. The molecule has 0 radical (unpaired) electrons. The first-order valence-corrected chi connectivity index (χ1v) is 4.93. The van der Waals surface area contributed by atoms with Gasteiger partial charge in [-0.05, 0) is 18.7 Å². The maximum atomic E-state index is 12.1. The van der Waals surface area contributed by atoms with Crippen molar-refractivity contribution >= 4 is 23.5 Å². The number of carbonyl (C=O) groups excluding carboxylic acids is 1. The van der Waals surface area contributed by atoms with Gasteiger partial charge in [-0.2, -0.15) is 18.3 Å². The normalized spacial score (nSPS) is 11.5. The molecular formula is C7H8F3N3O2S. The molecule has 0 saturated carbocycles. The van der Waals surface area contributed by atoms with Crippen LogP contribution in [0.15, 0.2) is 4.90 Å². The van der Waals surface area contributed by atoms with Crippen LogP contribution in [0.1, 0.15) is 17.4 Å². The maximum absolute atomic E-state index is 12.1. The summed E-state index contributed by atoms with van der Waals surface area (Å²) in [5, 5.41) is 5.45. The molecule has 90 valence electrons. The standard InChI is InChI=1S/C7H8F3N3O2S/c1-2-15-6(14)3-4(5(11)13-12-3)16-7(8,9)10/h2H2,1H3,(H3,11,12,13). The zero-order valence-corrected chi connectivity index (χ0v) is 8.91. The van der Waals surface area contributed by atoms with Crippen LogP contribution < -0.4 is 5.73 Å². The van der Waals surface area contributed by atoms with Crippen molar-refractivity contribution in [3.63, 3.8) is 0 Å². The molecular weight excluding hydrogens is 247 g/mol. The molecule has 1 aromatic rings. The van der Waals surface area contributed by atoms with E-state index in [0.717, 1.165) is 0 Å². The highest BCUT2D eigenvalue weighted by molar-refractivity contribution is 8.00. The van der Waals surface area contributed by atoms with E-state index >= 15 is 0 Å². The molecule has 0 bridgehead atoms. The Morgan fingerprint density at radius 2 is 2.25 bits per heavy atom. The third kappa shape index (κ3) is 3.05. The molecule has 3 N–H and O–H groups in total. The molecule has 0 atom stereocenters. The third-order valence-electron chi connectivity index (χ3n) is 1.45. The fourth-order valence-corrected chi connectivity index (χ4v) is 1.52. The minimum absolute atomic E-state index is 0.0495. The second-order valence-electron chi connectivity index (χ2n) is 2.58. The van der Waals surface area contributed by atoms with Crippen molar-refractivity contribution in [3.8, 4) is 0 Å². The molecule has 0 aromatic carbocycles. The average molecular weight is 255 g/mol. The van der Waals surface area contributed by atoms with Gasteiger partial charge in [0.05, 0.1) is 11.5 Å². The van der Waals surface area contributed by atoms with Crippen LogP contribution in [-0.4, -0.2) is 28.3 Å². The Morgan fingerprint density at radius 3 is 2.75 bits per heavy atom. The van der Waals surface area contributed by atoms with Crippen molar-refractivity contribution in [2.24, 2.45) is 0 Å². The van der Waals surface area contributed by atoms with Crippen LogP contribution in [0.25, 0.3) is 0 Å². The number of alkyl halides is 3. The van der Waals surface area contributed by atoms with Gasteiger partial charge >= 0.3 is 11.5 Å². The Morgan fingerprint density at radius 1 is 1.62 bits per heavy atom. The van der Waals surface area contributed by atoms with Crippen LogP contribution in [-0.2, 0) is 4.74 Å². The molecule has 5 nitrogen and oxygen atoms in total. The molecule has 0 saturated heterocycles. The number of hydrogen-bond acceptors (Lipinski definition) is 5. The summed E-state index contributed by atoms with van der Waals surface area (Å²) >= 11 is -0.505. The molecule has 0 unspecified atom stereocenters. The van der Waals surface area contributed by atoms with Crippen molar-refractivity contribution in [3.05, 3.63) is 5.69 Å². The number of aromatic nitrogens is 2. The Labute approximate surface area is 92.5 Å². The number of aromatic amines is 1. The Balaban J connectivity index is 2.98. The van der Waals surface area contributed by atoms with Crippen LogP contribution in [0.4, 0.5) is 19.0 Å². The average Bonchev–Trinajstić information content (AvgIpc) is 2.46. The number of nitrogen functional groups attached to an aromatic ring is 1. The second-order valence-corrected chi connectivity index (χ2v) is 3.66. The van der Waals surface area contributed by atoms with Gasteiger partial charge in [-0.25, -0.2) is 4.79 Å². The van der Waals surface area contributed by atoms with Gasteiger partial charge in [0.15, 0.2) is 11.5 Å². The smallest absolute Gasteiger partial charge is 0.446 e. The number of anilines is 1. The van der Waals surface area contributed by atoms with E-state index in [9.17, 15) is 18.0 Å². The van der Waals surface area contributed by atoms with Crippen LogP contribution >= 0.6 is 11.8 Å². The van der Waals surface area contributed by atoms with Gasteiger partial charge in [-0.1, -0.05) is 0 Å². The zero-order valence-electron chi connectivity index (χ0n) is 8.09. The molecule has 1 rings (SSSR count). The first kappa shape index (κ1) is 12.7. The predicted octanol–water partition coefficient (Wildman–Crippen LogP) is 1.78. The van der Waals surface area contributed by atoms with Crippen LogP contribution in [0.5, 0.6) is 0 Å². The lowest BCUT2D eigenvalue weighted by atomic mass is 10.4. The largest absolute Gasteiger partial charge is 0.461 e. The van der Waals surface area contributed by atoms with E-state index < -0.39 is 28.1 Å². The molecule has 0 amide bonds. The van der Waals surface area contributed by atoms with E-state index in [1.165, 1.54) is 6.92 Å². The van der Waals surface area contributed by atoms with Crippen LogP contribution in [0, 0.1) is 0 Å². The summed E-state index contributed by atoms with van der Waals surface area (Å²) in [6.45, 7) is 1.59. The number of nitrogens with one attached hydrogen (secondary N) is 1. The fraction of sp³-hybridized carbons (Fsp3) is 0.429. The first-order valence-electron chi connectivity index (χ1n) is 4.12. The number of rotatable bonds is 3. The maximum Gasteiger partial charge on any atom is 0.446 e. The van der Waals surface area contributed by atoms with Gasteiger partial charge in [0.1, 0.15) is 0 Å². The Hall–Kier alpha value is -1.38. The summed E-state index contributed by atoms with van der Waals surface area (Å²) in [6.07, 6.45) is 0. The molecule has 0 spiro atoms. The summed E-state index contributed by atoms with van der Waals surface area (Å²) in [5.74, 6) is -1.30. The van der Waals surface area contributed by atoms with E-state index in [1.54, 1.807) is 0 Å². The molecule has 1 heterocycles. The highest BCUT2D eigenvalue weighted by Crippen LogP contribution is 2.40. The SMILES string of the molecule is CCOC(=O)c1[nH]nc(N)c1SC(F)(F)F. The lowest BCUT2D eigenvalue weighted by Crippen LogP contribution is -2.08. The van der Waals surface area contributed by atoms with Crippen molar-refractivity contribution in [2.45, 2.75) is 17.3 Å². The molecule has 0 aliphatic rings. The first-order chi connectivity index (χ1) is 7.35. The number of H-pyrrole nitrogens is 1. The number of nitrogens with two attached hydrogens (primary N) is 1. The van der Waals surface area contributed by atoms with Gasteiger partial charge in [0, 0.05) is 0 Å². The number of halogens is 3. The molecule has 0 fully saturated rings. The molecule has 0 aliphatic carbocycles. The van der Waals surface area contributed by atoms with Gasteiger partial charge < -0.3 is 10.5 Å². The van der Waals surface area contributed by atoms with E-state index in [-0.39, 0.29) is 18.1 Å². The van der Waals surface area contributed by atoms with E-state index in [4.69, 9.17) is 5.73 Å². The number of hydrogen-bond donors (Lipinski definition) is 2. The van der Waals surface area contributed by atoms with E-state index in [0.29, 0.717) is 0 Å². The molecule has 16 heavy (non-hydrogen) atoms. The van der Waals surface area contributed by atoms with Crippen molar-refractivity contribution in [1.82, 2.24) is 10.2 Å². The molecule has 1 aromatic heterocycles. The minimum atomic E-state index is -4.54. The highest BCUT2D eigenvalue weighted by Gasteiger charge is 2.34. The van der Waals surface area contributed by atoms with Crippen molar-refractivity contribution in [2.75, 3.05) is 12.3 Å². The summed E-state index contributed by atoms with van der Waals surface area (Å²) in [7, 11) is 0. The number of nitrogens with zero attached hydrogens (tertiary/aromatic N) is 1. The van der Waals surface area contributed by atoms with Gasteiger partial charge in [0.25, 0.3) is 0 Å². The van der Waals surface area contributed by atoms with E-state index in [1.807, 2.05) is 0 Å². The molecule has 9 heteroatoms. The summed E-state index contributed by atoms with van der Waals surface area (Å²) in [5.41, 5.74) is 0.282. The van der Waals surface area contributed by atoms with Crippen LogP contribution in [0.3, 0.4) is 0 Å². The van der Waals surface area contributed by atoms with Crippen molar-refractivity contribution < 1.29 is 22.7 Å². The second kappa shape index (κ2) is 4.64. The zero-order chi connectivity index (χ0) is 12.3. The molecule has 0 aliphatic heterocycles. The number of ether oxygens (including phenoxy) is 1. The third-order valence-corrected chi connectivity index (χ3v) is 2.29. The van der Waals surface area contributed by atoms with E-state index in [2.05, 4.69) is 14.9 Å². The van der Waals surface area contributed by atoms with Crippen molar-refractivity contribution in [1.29, 1.82) is 0 Å². The van der Waals surface area contributed by atoms with Crippen LogP contribution in [0.2, 0.25) is 0 Å².